The summed E-state index contributed by atoms with van der Waals surface area (Å²) in [5.41, 5.74) is 1.07. The Balaban J connectivity index is 1.91. The minimum atomic E-state index is -0.783. The highest BCUT2D eigenvalue weighted by molar-refractivity contribution is 14.1. The van der Waals surface area contributed by atoms with E-state index in [4.69, 9.17) is 18.9 Å². The number of nitrogens with one attached hydrogen (secondary N) is 1. The second kappa shape index (κ2) is 14.0. The molecule has 0 spiro atoms. The van der Waals surface area contributed by atoms with Gasteiger partial charge in [-0.15, -0.1) is 0 Å². The van der Waals surface area contributed by atoms with Crippen LogP contribution >= 0.6 is 22.6 Å². The summed E-state index contributed by atoms with van der Waals surface area (Å²) in [5, 5.41) is 2.27. The van der Waals surface area contributed by atoms with Gasteiger partial charge in [-0.05, 0) is 90.7 Å². The maximum absolute atomic E-state index is 13.3. The topological polar surface area (TPSA) is 103 Å². The predicted molar refractivity (Wildman–Crippen MR) is 152 cm³/mol. The van der Waals surface area contributed by atoms with Gasteiger partial charge in [0.15, 0.2) is 23.0 Å². The van der Waals surface area contributed by atoms with Crippen molar-refractivity contribution in [2.75, 3.05) is 26.4 Å². The Kier molecular flexibility index (Phi) is 10.8. The summed E-state index contributed by atoms with van der Waals surface area (Å²) in [7, 11) is 0. The van der Waals surface area contributed by atoms with Crippen molar-refractivity contribution in [2.45, 2.75) is 47.1 Å². The second-order valence-corrected chi connectivity index (χ2v) is 9.54. The lowest BCUT2D eigenvalue weighted by molar-refractivity contribution is -0.130. The Morgan fingerprint density at radius 3 is 2.21 bits per heavy atom. The first kappa shape index (κ1) is 29.3. The molecule has 3 rings (SSSR count). The monoisotopic (exact) mass is 636 g/mol. The van der Waals surface area contributed by atoms with E-state index in [1.54, 1.807) is 30.3 Å². The summed E-state index contributed by atoms with van der Waals surface area (Å²) in [5.74, 6) is 0.803. The minimum Gasteiger partial charge on any atom is -0.490 e. The van der Waals surface area contributed by atoms with Gasteiger partial charge >= 0.3 is 6.03 Å². The Bertz CT molecular complexity index is 1210. The average Bonchev–Trinajstić information content (AvgIpc) is 2.88. The van der Waals surface area contributed by atoms with Gasteiger partial charge in [-0.3, -0.25) is 19.8 Å². The van der Waals surface area contributed by atoms with E-state index < -0.39 is 17.8 Å². The average molecular weight is 636 g/mol. The van der Waals surface area contributed by atoms with E-state index in [0.29, 0.717) is 60.6 Å². The number of ether oxygens (including phenoxy) is 4. The SMILES string of the molecule is CCCOc1ccc(CN2C(=O)NC(=O)/C(=C\c3cc(I)c(OCCC)c(OCC)c3)C2=O)cc1OCC. The molecule has 1 aliphatic rings. The van der Waals surface area contributed by atoms with Crippen molar-refractivity contribution < 1.29 is 33.3 Å². The fourth-order valence-corrected chi connectivity index (χ4v) is 4.50. The van der Waals surface area contributed by atoms with Crippen LogP contribution in [0.5, 0.6) is 23.0 Å². The molecule has 0 unspecified atom stereocenters. The zero-order chi connectivity index (χ0) is 27.7. The number of urea groups is 1. The van der Waals surface area contributed by atoms with Gasteiger partial charge in [0.05, 0.1) is 36.5 Å². The van der Waals surface area contributed by atoms with Gasteiger partial charge in [-0.1, -0.05) is 19.9 Å². The third kappa shape index (κ3) is 7.18. The van der Waals surface area contributed by atoms with Crippen LogP contribution in [-0.2, 0) is 16.1 Å². The van der Waals surface area contributed by atoms with Crippen LogP contribution in [0.15, 0.2) is 35.9 Å². The van der Waals surface area contributed by atoms with E-state index in [2.05, 4.69) is 27.9 Å². The summed E-state index contributed by atoms with van der Waals surface area (Å²) in [6.45, 7) is 9.63. The lowest BCUT2D eigenvalue weighted by Crippen LogP contribution is -2.53. The molecule has 1 fully saturated rings. The summed E-state index contributed by atoms with van der Waals surface area (Å²) in [6, 6.07) is 7.98. The molecule has 1 aliphatic heterocycles. The molecule has 10 heteroatoms. The highest BCUT2D eigenvalue weighted by atomic mass is 127. The summed E-state index contributed by atoms with van der Waals surface area (Å²) in [6.07, 6.45) is 3.14. The van der Waals surface area contributed by atoms with Crippen LogP contribution in [0.25, 0.3) is 6.08 Å². The maximum Gasteiger partial charge on any atom is 0.331 e. The molecular weight excluding hydrogens is 603 g/mol. The van der Waals surface area contributed by atoms with Crippen LogP contribution in [-0.4, -0.2) is 49.2 Å². The first-order valence-corrected chi connectivity index (χ1v) is 13.8. The number of carbonyl (C=O) groups excluding carboxylic acids is 3. The van der Waals surface area contributed by atoms with E-state index >= 15 is 0 Å². The molecule has 0 saturated carbocycles. The molecule has 4 amide bonds. The summed E-state index contributed by atoms with van der Waals surface area (Å²) < 4.78 is 23.8. The number of halogens is 1. The lowest BCUT2D eigenvalue weighted by Gasteiger charge is -2.26. The number of hydrogen-bond donors (Lipinski definition) is 1. The maximum atomic E-state index is 13.3. The van der Waals surface area contributed by atoms with E-state index in [1.165, 1.54) is 6.08 Å². The van der Waals surface area contributed by atoms with Gasteiger partial charge in [-0.2, -0.15) is 0 Å². The first-order chi connectivity index (χ1) is 18.3. The highest BCUT2D eigenvalue weighted by Crippen LogP contribution is 2.35. The Hall–Kier alpha value is -3.28. The molecule has 0 radical (unpaired) electrons. The van der Waals surface area contributed by atoms with Gasteiger partial charge in [0.25, 0.3) is 11.8 Å². The number of hydrogen-bond acceptors (Lipinski definition) is 7. The molecule has 1 saturated heterocycles. The Morgan fingerprint density at radius 1 is 0.842 bits per heavy atom. The van der Waals surface area contributed by atoms with Crippen molar-refractivity contribution in [1.29, 1.82) is 0 Å². The third-order valence-corrected chi connectivity index (χ3v) is 6.19. The molecule has 9 nitrogen and oxygen atoms in total. The second-order valence-electron chi connectivity index (χ2n) is 8.38. The van der Waals surface area contributed by atoms with Crippen molar-refractivity contribution in [1.82, 2.24) is 10.2 Å². The number of amides is 4. The van der Waals surface area contributed by atoms with Gasteiger partial charge in [0.2, 0.25) is 0 Å². The fraction of sp³-hybridized carbons (Fsp3) is 0.393. The van der Waals surface area contributed by atoms with E-state index in [0.717, 1.165) is 21.3 Å². The van der Waals surface area contributed by atoms with Crippen molar-refractivity contribution in [3.8, 4) is 23.0 Å². The van der Waals surface area contributed by atoms with E-state index in [1.807, 2.05) is 27.7 Å². The molecule has 0 atom stereocenters. The standard InChI is InChI=1S/C28H33IN2O7/c1-5-11-37-22-10-9-18(15-23(22)35-7-3)17-31-27(33)20(26(32)30-28(31)34)13-19-14-21(29)25(38-12-6-2)24(16-19)36-8-4/h9-10,13-16H,5-8,11-12,17H2,1-4H3,(H,30,32,34)/b20-13+. The van der Waals surface area contributed by atoms with E-state index in [-0.39, 0.29) is 12.1 Å². The number of carbonyl (C=O) groups is 3. The molecule has 1 N–H and O–H groups in total. The quantitative estimate of drug-likeness (QED) is 0.180. The number of rotatable bonds is 13. The molecule has 0 aromatic heterocycles. The zero-order valence-corrected chi connectivity index (χ0v) is 24.3. The van der Waals surface area contributed by atoms with Crippen LogP contribution in [0, 0.1) is 3.57 Å². The zero-order valence-electron chi connectivity index (χ0n) is 22.1. The fourth-order valence-electron chi connectivity index (χ4n) is 3.72. The highest BCUT2D eigenvalue weighted by Gasteiger charge is 2.36. The van der Waals surface area contributed by atoms with Gasteiger partial charge in [0.1, 0.15) is 5.57 Å². The largest absolute Gasteiger partial charge is 0.490 e. The van der Waals surface area contributed by atoms with Crippen molar-refractivity contribution in [2.24, 2.45) is 0 Å². The third-order valence-electron chi connectivity index (χ3n) is 5.39. The molecule has 38 heavy (non-hydrogen) atoms. The number of benzene rings is 2. The summed E-state index contributed by atoms with van der Waals surface area (Å²) >= 11 is 2.13. The Morgan fingerprint density at radius 2 is 1.53 bits per heavy atom. The summed E-state index contributed by atoms with van der Waals surface area (Å²) in [4.78, 5) is 39.6. The number of nitrogens with zero attached hydrogens (tertiary/aromatic N) is 1. The van der Waals surface area contributed by atoms with Crippen LogP contribution in [0.3, 0.4) is 0 Å². The molecule has 2 aromatic rings. The molecular formula is C28H33IN2O7. The molecule has 2 aromatic carbocycles. The molecule has 0 aliphatic carbocycles. The van der Waals surface area contributed by atoms with Gasteiger partial charge < -0.3 is 18.9 Å². The smallest absolute Gasteiger partial charge is 0.331 e. The van der Waals surface area contributed by atoms with E-state index in [9.17, 15) is 14.4 Å². The van der Waals surface area contributed by atoms with Gasteiger partial charge in [-0.25, -0.2) is 4.79 Å². The van der Waals surface area contributed by atoms with Crippen molar-refractivity contribution >= 4 is 46.5 Å². The predicted octanol–water partition coefficient (Wildman–Crippen LogP) is 5.33. The van der Waals surface area contributed by atoms with Crippen molar-refractivity contribution in [3.05, 3.63) is 50.6 Å². The Labute approximate surface area is 236 Å². The minimum absolute atomic E-state index is 0.0467. The molecule has 0 bridgehead atoms. The first-order valence-electron chi connectivity index (χ1n) is 12.7. The van der Waals surface area contributed by atoms with Crippen LogP contribution in [0.4, 0.5) is 4.79 Å². The number of barbiturate groups is 1. The van der Waals surface area contributed by atoms with Crippen molar-refractivity contribution in [3.63, 3.8) is 0 Å². The molecule has 1 heterocycles. The van der Waals surface area contributed by atoms with Crippen LogP contribution < -0.4 is 24.3 Å². The van der Waals surface area contributed by atoms with Crippen LogP contribution in [0.2, 0.25) is 0 Å². The molecule has 204 valence electrons. The van der Waals surface area contributed by atoms with Gasteiger partial charge in [0, 0.05) is 0 Å². The lowest BCUT2D eigenvalue weighted by atomic mass is 10.1. The van der Waals surface area contributed by atoms with Crippen LogP contribution in [0.1, 0.15) is 51.7 Å². The number of imide groups is 2. The normalized spacial score (nSPS) is 14.5.